The predicted octanol–water partition coefficient (Wildman–Crippen LogP) is 3.28. The molecule has 0 bridgehead atoms. The molecule has 1 unspecified atom stereocenters. The van der Waals surface area contributed by atoms with Gasteiger partial charge in [-0.1, -0.05) is 28.1 Å². The van der Waals surface area contributed by atoms with Gasteiger partial charge in [0.15, 0.2) is 0 Å². The van der Waals surface area contributed by atoms with Crippen LogP contribution in [0.25, 0.3) is 0 Å². The van der Waals surface area contributed by atoms with Crippen molar-refractivity contribution >= 4 is 15.9 Å². The first-order valence-electron chi connectivity index (χ1n) is 5.40. The van der Waals surface area contributed by atoms with E-state index in [4.69, 9.17) is 4.42 Å². The standard InChI is InChI=1S/C13H12BrNO/c14-10-3-1-2-9(8-10)13-11-5-7-16-12(11)4-6-15-13/h1-3,5,7-8,13,15H,4,6H2. The fraction of sp³-hybridized carbons (Fsp3) is 0.231. The largest absolute Gasteiger partial charge is 0.469 e. The number of nitrogens with one attached hydrogen (secondary N) is 1. The van der Waals surface area contributed by atoms with Crippen LogP contribution in [0.1, 0.15) is 22.9 Å². The van der Waals surface area contributed by atoms with E-state index in [0.29, 0.717) is 0 Å². The van der Waals surface area contributed by atoms with Crippen LogP contribution >= 0.6 is 15.9 Å². The van der Waals surface area contributed by atoms with E-state index >= 15 is 0 Å². The van der Waals surface area contributed by atoms with E-state index in [1.165, 1.54) is 11.1 Å². The molecule has 16 heavy (non-hydrogen) atoms. The average molecular weight is 278 g/mol. The monoisotopic (exact) mass is 277 g/mol. The van der Waals surface area contributed by atoms with E-state index in [9.17, 15) is 0 Å². The molecule has 82 valence electrons. The molecule has 1 N–H and O–H groups in total. The number of hydrogen-bond donors (Lipinski definition) is 1. The van der Waals surface area contributed by atoms with Crippen LogP contribution in [0.5, 0.6) is 0 Å². The summed E-state index contributed by atoms with van der Waals surface area (Å²) < 4.78 is 6.60. The SMILES string of the molecule is Brc1cccc(C2NCCc3occc32)c1. The highest BCUT2D eigenvalue weighted by atomic mass is 79.9. The topological polar surface area (TPSA) is 25.2 Å². The summed E-state index contributed by atoms with van der Waals surface area (Å²) in [6.45, 7) is 0.970. The molecule has 2 nitrogen and oxygen atoms in total. The van der Waals surface area contributed by atoms with Gasteiger partial charge in [0.2, 0.25) is 0 Å². The molecule has 2 aromatic rings. The van der Waals surface area contributed by atoms with Gasteiger partial charge in [0, 0.05) is 23.0 Å². The lowest BCUT2D eigenvalue weighted by Crippen LogP contribution is -2.29. The molecule has 1 aliphatic heterocycles. The zero-order chi connectivity index (χ0) is 11.0. The van der Waals surface area contributed by atoms with Gasteiger partial charge in [-0.05, 0) is 23.8 Å². The van der Waals surface area contributed by atoms with Gasteiger partial charge in [0.1, 0.15) is 5.76 Å². The first-order chi connectivity index (χ1) is 7.84. The van der Waals surface area contributed by atoms with Crippen molar-refractivity contribution in [2.45, 2.75) is 12.5 Å². The van der Waals surface area contributed by atoms with Crippen LogP contribution in [0.4, 0.5) is 0 Å². The Balaban J connectivity index is 2.04. The van der Waals surface area contributed by atoms with Crippen LogP contribution < -0.4 is 5.32 Å². The summed E-state index contributed by atoms with van der Waals surface area (Å²) in [5.74, 6) is 1.11. The van der Waals surface area contributed by atoms with Crippen LogP contribution in [0.15, 0.2) is 45.5 Å². The summed E-state index contributed by atoms with van der Waals surface area (Å²) in [5.41, 5.74) is 2.54. The maximum atomic E-state index is 5.49. The van der Waals surface area contributed by atoms with Crippen LogP contribution in [0.2, 0.25) is 0 Å². The molecule has 1 atom stereocenters. The molecule has 1 aliphatic rings. The first kappa shape index (κ1) is 10.1. The second-order valence-electron chi connectivity index (χ2n) is 3.99. The number of fused-ring (bicyclic) bond motifs is 1. The summed E-state index contributed by atoms with van der Waals surface area (Å²) in [4.78, 5) is 0. The molecule has 2 heterocycles. The Morgan fingerprint density at radius 3 is 3.12 bits per heavy atom. The van der Waals surface area contributed by atoms with Gasteiger partial charge in [-0.3, -0.25) is 0 Å². The fourth-order valence-corrected chi connectivity index (χ4v) is 2.65. The predicted molar refractivity (Wildman–Crippen MR) is 66.4 cm³/mol. The number of hydrogen-bond acceptors (Lipinski definition) is 2. The molecule has 0 aliphatic carbocycles. The van der Waals surface area contributed by atoms with Gasteiger partial charge in [-0.25, -0.2) is 0 Å². The van der Waals surface area contributed by atoms with Gasteiger partial charge in [-0.2, -0.15) is 0 Å². The Bertz CT molecular complexity index is 506. The number of furan rings is 1. The summed E-state index contributed by atoms with van der Waals surface area (Å²) in [6.07, 6.45) is 2.76. The Kier molecular flexibility index (Phi) is 2.58. The minimum absolute atomic E-state index is 0.264. The van der Waals surface area contributed by atoms with Crippen LogP contribution in [-0.2, 0) is 6.42 Å². The van der Waals surface area contributed by atoms with E-state index in [-0.39, 0.29) is 6.04 Å². The molecule has 0 radical (unpaired) electrons. The fourth-order valence-electron chi connectivity index (χ4n) is 2.23. The minimum atomic E-state index is 0.264. The normalized spacial score (nSPS) is 19.4. The van der Waals surface area contributed by atoms with Crippen molar-refractivity contribution in [2.24, 2.45) is 0 Å². The lowest BCUT2D eigenvalue weighted by Gasteiger charge is -2.23. The molecule has 0 saturated carbocycles. The highest BCUT2D eigenvalue weighted by Crippen LogP contribution is 2.30. The van der Waals surface area contributed by atoms with Crippen molar-refractivity contribution in [3.8, 4) is 0 Å². The summed E-state index contributed by atoms with van der Waals surface area (Å²) in [7, 11) is 0. The molecule has 0 fully saturated rings. The third kappa shape index (κ3) is 1.70. The quantitative estimate of drug-likeness (QED) is 0.866. The highest BCUT2D eigenvalue weighted by molar-refractivity contribution is 9.10. The summed E-state index contributed by atoms with van der Waals surface area (Å²) in [6, 6.07) is 10.7. The van der Waals surface area contributed by atoms with Crippen molar-refractivity contribution in [1.29, 1.82) is 0 Å². The van der Waals surface area contributed by atoms with Crippen molar-refractivity contribution in [3.63, 3.8) is 0 Å². The lowest BCUT2D eigenvalue weighted by atomic mass is 9.95. The van der Waals surface area contributed by atoms with Gasteiger partial charge >= 0.3 is 0 Å². The van der Waals surface area contributed by atoms with Crippen LogP contribution in [-0.4, -0.2) is 6.54 Å². The third-order valence-electron chi connectivity index (χ3n) is 2.97. The zero-order valence-corrected chi connectivity index (χ0v) is 10.3. The molecular weight excluding hydrogens is 266 g/mol. The lowest BCUT2D eigenvalue weighted by molar-refractivity contribution is 0.456. The van der Waals surface area contributed by atoms with Crippen molar-refractivity contribution in [2.75, 3.05) is 6.54 Å². The smallest absolute Gasteiger partial charge is 0.110 e. The number of benzene rings is 1. The molecule has 0 amide bonds. The second kappa shape index (κ2) is 4.07. The van der Waals surface area contributed by atoms with E-state index in [1.807, 2.05) is 6.07 Å². The Hall–Kier alpha value is -1.06. The molecular formula is C13H12BrNO. The first-order valence-corrected chi connectivity index (χ1v) is 6.19. The Morgan fingerprint density at radius 1 is 1.31 bits per heavy atom. The number of rotatable bonds is 1. The minimum Gasteiger partial charge on any atom is -0.469 e. The Labute approximate surface area is 103 Å². The van der Waals surface area contributed by atoms with Gasteiger partial charge in [0.05, 0.1) is 12.3 Å². The second-order valence-corrected chi connectivity index (χ2v) is 4.91. The number of halogens is 1. The molecule has 1 aromatic carbocycles. The van der Waals surface area contributed by atoms with Gasteiger partial charge in [-0.15, -0.1) is 0 Å². The summed E-state index contributed by atoms with van der Waals surface area (Å²) in [5, 5.41) is 3.52. The van der Waals surface area contributed by atoms with Crippen LogP contribution in [0.3, 0.4) is 0 Å². The molecule has 0 saturated heterocycles. The zero-order valence-electron chi connectivity index (χ0n) is 8.74. The van der Waals surface area contributed by atoms with Gasteiger partial charge in [0.25, 0.3) is 0 Å². The maximum absolute atomic E-state index is 5.49. The van der Waals surface area contributed by atoms with Crippen molar-refractivity contribution in [1.82, 2.24) is 5.32 Å². The maximum Gasteiger partial charge on any atom is 0.110 e. The molecule has 3 heteroatoms. The molecule has 3 rings (SSSR count). The van der Waals surface area contributed by atoms with E-state index in [1.54, 1.807) is 6.26 Å². The molecule has 1 aromatic heterocycles. The van der Waals surface area contributed by atoms with E-state index < -0.39 is 0 Å². The third-order valence-corrected chi connectivity index (χ3v) is 3.47. The van der Waals surface area contributed by atoms with Crippen LogP contribution in [0, 0.1) is 0 Å². The van der Waals surface area contributed by atoms with E-state index in [2.05, 4.69) is 45.5 Å². The summed E-state index contributed by atoms with van der Waals surface area (Å²) >= 11 is 3.51. The Morgan fingerprint density at radius 2 is 2.25 bits per heavy atom. The van der Waals surface area contributed by atoms with E-state index in [0.717, 1.165) is 23.2 Å². The van der Waals surface area contributed by atoms with Crippen molar-refractivity contribution in [3.05, 3.63) is 58.0 Å². The van der Waals surface area contributed by atoms with Gasteiger partial charge < -0.3 is 9.73 Å². The highest BCUT2D eigenvalue weighted by Gasteiger charge is 2.23. The van der Waals surface area contributed by atoms with Crippen molar-refractivity contribution < 1.29 is 4.42 Å². The average Bonchev–Trinajstić information content (AvgIpc) is 2.76. The molecule has 0 spiro atoms.